The second-order valence-electron chi connectivity index (χ2n) is 13.9. The van der Waals surface area contributed by atoms with Crippen molar-refractivity contribution >= 4 is 34.4 Å². The van der Waals surface area contributed by atoms with Crippen molar-refractivity contribution in [1.82, 2.24) is 9.97 Å². The van der Waals surface area contributed by atoms with E-state index in [2.05, 4.69) is 26.7 Å². The Hall–Kier alpha value is -5.20. The summed E-state index contributed by atoms with van der Waals surface area (Å²) < 4.78 is 22.7. The van der Waals surface area contributed by atoms with Crippen LogP contribution in [0.25, 0.3) is 0 Å². The van der Waals surface area contributed by atoms with Crippen molar-refractivity contribution in [1.29, 1.82) is 10.8 Å². The monoisotopic (exact) mass is 740 g/mol. The zero-order valence-electron chi connectivity index (χ0n) is 32.1. The van der Waals surface area contributed by atoms with Crippen LogP contribution in [0.15, 0.2) is 73.1 Å². The fourth-order valence-electron chi connectivity index (χ4n) is 7.77. The molecule has 2 aromatic heterocycles. The number of nitrogen functional groups attached to an aromatic ring is 2. The number of hydrogen-bond acceptors (Lipinski definition) is 12. The van der Waals surface area contributed by atoms with E-state index in [1.54, 1.807) is 24.5 Å². The summed E-state index contributed by atoms with van der Waals surface area (Å²) in [5, 5.41) is 17.3. The van der Waals surface area contributed by atoms with Crippen LogP contribution in [-0.2, 0) is 9.47 Å². The number of nitrogens with two attached hydrogens (primary N) is 2. The molecule has 4 fully saturated rings. The number of nitrogens with zero attached hydrogens (tertiary/aromatic N) is 4. The molecule has 0 aliphatic carbocycles. The average Bonchev–Trinajstić information content (AvgIpc) is 3.99. The number of benzene rings is 2. The van der Waals surface area contributed by atoms with Crippen LogP contribution in [0.4, 0.5) is 23.0 Å². The first kappa shape index (κ1) is 38.5. The maximum Gasteiger partial charge on any atom is 0.129 e. The van der Waals surface area contributed by atoms with Crippen molar-refractivity contribution < 1.29 is 23.2 Å². The first-order valence-electron chi connectivity index (χ1n) is 19.1. The Labute approximate surface area is 323 Å². The molecular weight excluding hydrogens is 681 g/mol. The van der Waals surface area contributed by atoms with Gasteiger partial charge < -0.3 is 40.2 Å². The Bertz CT molecular complexity index is 1970. The second kappa shape index (κ2) is 16.9. The molecule has 4 aliphatic heterocycles. The standard InChI is InChI=1S/2C20H24N4O2.C2H6.3H2/c1-3-25-14-4-5-17(21)16(9-14)19(22)13-6-7-23-18(8-13)24-11-15-10-20(24,2)12-26-15;1-2-25-14-3-4-16(21)15(12-14)20(22)13-5-8-23-19(11-13)24-9-6-18-17(24)7-10-26-18;1-2;;;/h4-9,15,22H,3,10-12,21H2,1-2H3;3-5,8,11-12,17-18,22H,2,6-7,9-10,21H2,1H3;1-2H3;3*1H/t15-,20?;;;;;/m1...../s1. The van der Waals surface area contributed by atoms with Crippen LogP contribution in [0.5, 0.6) is 11.5 Å². The van der Waals surface area contributed by atoms with Crippen molar-refractivity contribution in [2.45, 2.75) is 77.7 Å². The maximum absolute atomic E-state index is 8.65. The van der Waals surface area contributed by atoms with Gasteiger partial charge in [-0.3, -0.25) is 10.8 Å². The normalized spacial score (nSPS) is 22.1. The largest absolute Gasteiger partial charge is 0.494 e. The number of anilines is 4. The SMILES string of the molecule is CC.CCOc1ccc(N)c(C(=N)c2ccnc(N3CCC4OCCC43)c2)c1.CCOc1ccc(N)c(C(=N)c2ccnc(N3C[C@H]4CC3(C)CO4)c2)c1.[HH].[HH].[HH]. The number of hydrogen-bond donors (Lipinski definition) is 4. The molecule has 4 atom stereocenters. The van der Waals surface area contributed by atoms with Crippen LogP contribution in [0, 0.1) is 10.8 Å². The van der Waals surface area contributed by atoms with E-state index < -0.39 is 0 Å². The summed E-state index contributed by atoms with van der Waals surface area (Å²) in [7, 11) is 0. The van der Waals surface area contributed by atoms with Gasteiger partial charge in [0.1, 0.15) is 23.1 Å². The number of morpholine rings is 1. The molecule has 6 N–H and O–H groups in total. The fraction of sp³-hybridized carbons (Fsp3) is 0.429. The Kier molecular flexibility index (Phi) is 12.0. The van der Waals surface area contributed by atoms with Crippen LogP contribution in [0.2, 0.25) is 0 Å². The summed E-state index contributed by atoms with van der Waals surface area (Å²) in [6.45, 7) is 14.6. The minimum absolute atomic E-state index is 0. The lowest BCUT2D eigenvalue weighted by Gasteiger charge is -2.36. The lowest BCUT2D eigenvalue weighted by atomic mass is 10.00. The van der Waals surface area contributed by atoms with Gasteiger partial charge in [-0.1, -0.05) is 13.8 Å². The maximum atomic E-state index is 8.65. The summed E-state index contributed by atoms with van der Waals surface area (Å²) >= 11 is 0. The third-order valence-corrected chi connectivity index (χ3v) is 10.4. The smallest absolute Gasteiger partial charge is 0.129 e. The molecule has 4 aromatic rings. The number of aromatic nitrogens is 2. The molecule has 54 heavy (non-hydrogen) atoms. The van der Waals surface area contributed by atoms with E-state index >= 15 is 0 Å². The molecule has 4 aliphatic rings. The number of fused-ring (bicyclic) bond motifs is 3. The lowest BCUT2D eigenvalue weighted by Crippen LogP contribution is -2.46. The van der Waals surface area contributed by atoms with Gasteiger partial charge in [0.15, 0.2) is 0 Å². The highest BCUT2D eigenvalue weighted by Crippen LogP contribution is 2.40. The molecular formula is C42H60N8O4. The van der Waals surface area contributed by atoms with Gasteiger partial charge >= 0.3 is 0 Å². The molecule has 12 heteroatoms. The second-order valence-corrected chi connectivity index (χ2v) is 13.9. The predicted molar refractivity (Wildman–Crippen MR) is 222 cm³/mol. The van der Waals surface area contributed by atoms with Crippen LogP contribution in [-0.4, -0.2) is 84.7 Å². The highest BCUT2D eigenvalue weighted by molar-refractivity contribution is 6.15. The minimum Gasteiger partial charge on any atom is -0.494 e. The highest BCUT2D eigenvalue weighted by Gasteiger charge is 2.49. The third kappa shape index (κ3) is 8.00. The van der Waals surface area contributed by atoms with Crippen molar-refractivity contribution in [2.24, 2.45) is 0 Å². The van der Waals surface area contributed by atoms with E-state index in [4.69, 9.17) is 41.2 Å². The zero-order chi connectivity index (χ0) is 38.4. The Morgan fingerprint density at radius 3 is 1.94 bits per heavy atom. The molecule has 292 valence electrons. The fourth-order valence-corrected chi connectivity index (χ4v) is 7.77. The molecule has 4 saturated heterocycles. The molecule has 8 rings (SSSR count). The average molecular weight is 741 g/mol. The molecule has 2 bridgehead atoms. The summed E-state index contributed by atoms with van der Waals surface area (Å²) in [6.07, 6.45) is 7.24. The van der Waals surface area contributed by atoms with E-state index in [1.165, 1.54) is 0 Å². The molecule has 12 nitrogen and oxygen atoms in total. The van der Waals surface area contributed by atoms with Gasteiger partial charge in [-0.25, -0.2) is 9.97 Å². The number of pyridine rings is 2. The van der Waals surface area contributed by atoms with Crippen LogP contribution >= 0.6 is 0 Å². The molecule has 6 heterocycles. The predicted octanol–water partition coefficient (Wildman–Crippen LogP) is 7.46. The lowest BCUT2D eigenvalue weighted by molar-refractivity contribution is 0.0868. The molecule has 2 aromatic carbocycles. The van der Waals surface area contributed by atoms with E-state index in [1.807, 2.05) is 76.2 Å². The Balaban J connectivity index is 0.000000279. The topological polar surface area (TPSA) is 169 Å². The Morgan fingerprint density at radius 2 is 1.41 bits per heavy atom. The van der Waals surface area contributed by atoms with Gasteiger partial charge in [-0.15, -0.1) is 0 Å². The summed E-state index contributed by atoms with van der Waals surface area (Å²) in [6, 6.07) is 19.0. The number of ether oxygens (including phenoxy) is 4. The van der Waals surface area contributed by atoms with E-state index in [0.29, 0.717) is 59.3 Å². The zero-order valence-corrected chi connectivity index (χ0v) is 32.1. The number of nitrogens with one attached hydrogen (secondary N) is 2. The van der Waals surface area contributed by atoms with Gasteiger partial charge in [0.2, 0.25) is 0 Å². The molecule has 0 amide bonds. The molecule has 0 saturated carbocycles. The van der Waals surface area contributed by atoms with Crippen LogP contribution in [0.1, 0.15) is 80.4 Å². The first-order chi connectivity index (χ1) is 26.2. The van der Waals surface area contributed by atoms with Gasteiger partial charge in [0, 0.05) is 76.4 Å². The summed E-state index contributed by atoms with van der Waals surface area (Å²) in [4.78, 5) is 13.7. The minimum atomic E-state index is -0.00755. The van der Waals surface area contributed by atoms with E-state index in [0.717, 1.165) is 79.8 Å². The van der Waals surface area contributed by atoms with Gasteiger partial charge in [-0.05, 0) is 94.3 Å². The van der Waals surface area contributed by atoms with Crippen molar-refractivity contribution in [2.75, 3.05) is 60.8 Å². The Morgan fingerprint density at radius 1 is 0.833 bits per heavy atom. The van der Waals surface area contributed by atoms with Crippen molar-refractivity contribution in [3.8, 4) is 11.5 Å². The van der Waals surface area contributed by atoms with Crippen LogP contribution < -0.4 is 30.7 Å². The third-order valence-electron chi connectivity index (χ3n) is 10.4. The summed E-state index contributed by atoms with van der Waals surface area (Å²) in [5.74, 6) is 3.24. The molecule has 0 radical (unpaired) electrons. The van der Waals surface area contributed by atoms with Gasteiger partial charge in [0.25, 0.3) is 0 Å². The van der Waals surface area contributed by atoms with Gasteiger partial charge in [-0.2, -0.15) is 0 Å². The quantitative estimate of drug-likeness (QED) is 0.0946. The first-order valence-corrected chi connectivity index (χ1v) is 19.1. The van der Waals surface area contributed by atoms with Gasteiger partial charge in [0.05, 0.1) is 55.0 Å². The van der Waals surface area contributed by atoms with Crippen molar-refractivity contribution in [3.05, 3.63) is 95.3 Å². The van der Waals surface area contributed by atoms with E-state index in [-0.39, 0.29) is 15.9 Å². The highest BCUT2D eigenvalue weighted by atomic mass is 16.5. The van der Waals surface area contributed by atoms with Crippen molar-refractivity contribution in [3.63, 3.8) is 0 Å². The molecule has 3 unspecified atom stereocenters. The summed E-state index contributed by atoms with van der Waals surface area (Å²) in [5.41, 5.74) is 17.1. The van der Waals surface area contributed by atoms with E-state index in [9.17, 15) is 0 Å². The number of rotatable bonds is 10. The van der Waals surface area contributed by atoms with Crippen LogP contribution in [0.3, 0.4) is 0 Å². The molecule has 0 spiro atoms.